The minimum Gasteiger partial charge on any atom is -0.477 e. The number of anilines is 1. The van der Waals surface area contributed by atoms with Gasteiger partial charge in [0.15, 0.2) is 0 Å². The molecule has 142 valence electrons. The zero-order valence-electron chi connectivity index (χ0n) is 14.1. The fourth-order valence-electron chi connectivity index (χ4n) is 2.51. The fourth-order valence-corrected chi connectivity index (χ4v) is 3.77. The Morgan fingerprint density at radius 1 is 1.33 bits per heavy atom. The molecular formula is C17H13ClF3N3O2S. The summed E-state index contributed by atoms with van der Waals surface area (Å²) >= 11 is 6.71. The summed E-state index contributed by atoms with van der Waals surface area (Å²) in [5.74, 6) is -0.186. The first-order chi connectivity index (χ1) is 12.7. The van der Waals surface area contributed by atoms with Gasteiger partial charge in [0, 0.05) is 5.69 Å². The summed E-state index contributed by atoms with van der Waals surface area (Å²) in [5, 5.41) is 2.65. The highest BCUT2D eigenvalue weighted by atomic mass is 35.5. The molecule has 0 aliphatic rings. The van der Waals surface area contributed by atoms with E-state index in [-0.39, 0.29) is 5.69 Å². The van der Waals surface area contributed by atoms with Crippen molar-refractivity contribution in [3.63, 3.8) is 0 Å². The van der Waals surface area contributed by atoms with E-state index < -0.39 is 22.7 Å². The van der Waals surface area contributed by atoms with Crippen LogP contribution in [0.3, 0.4) is 0 Å². The number of hydrogen-bond acceptors (Lipinski definition) is 5. The molecule has 3 aromatic rings. The van der Waals surface area contributed by atoms with Gasteiger partial charge in [-0.3, -0.25) is 4.79 Å². The molecule has 0 fully saturated rings. The smallest absolute Gasteiger partial charge is 0.417 e. The molecule has 0 atom stereocenters. The van der Waals surface area contributed by atoms with E-state index >= 15 is 0 Å². The topological polar surface area (TPSA) is 64.1 Å². The largest absolute Gasteiger partial charge is 0.477 e. The molecule has 0 aliphatic heterocycles. The van der Waals surface area contributed by atoms with Gasteiger partial charge in [0.1, 0.15) is 11.2 Å². The standard InChI is InChI=1S/C17H13ClF3N3O2S/c1-3-26-15-12-8(2)13(27-16(12)23-7-22-15)14(25)24-9-4-5-11(18)10(6-9)17(19,20)21/h4-7H,3H2,1-2H3,(H,24,25). The maximum Gasteiger partial charge on any atom is 0.417 e. The first-order valence-electron chi connectivity index (χ1n) is 7.77. The number of carbonyl (C=O) groups excluding carboxylic acids is 1. The Bertz CT molecular complexity index is 1020. The molecule has 0 spiro atoms. The normalized spacial score (nSPS) is 11.6. The van der Waals surface area contributed by atoms with Crippen LogP contribution in [0.15, 0.2) is 24.5 Å². The highest BCUT2D eigenvalue weighted by molar-refractivity contribution is 7.20. The Labute approximate surface area is 161 Å². The second-order valence-corrected chi connectivity index (χ2v) is 6.90. The predicted molar refractivity (Wildman–Crippen MR) is 97.7 cm³/mol. The van der Waals surface area contributed by atoms with Crippen molar-refractivity contribution in [1.82, 2.24) is 9.97 Å². The molecule has 2 heterocycles. The number of nitrogens with one attached hydrogen (secondary N) is 1. The molecular weight excluding hydrogens is 403 g/mol. The number of amides is 1. The quantitative estimate of drug-likeness (QED) is 0.626. The Hall–Kier alpha value is -2.39. The van der Waals surface area contributed by atoms with Crippen LogP contribution < -0.4 is 10.1 Å². The first-order valence-corrected chi connectivity index (χ1v) is 8.96. The first kappa shape index (κ1) is 19.4. The Kier molecular flexibility index (Phi) is 5.25. The van der Waals surface area contributed by atoms with Gasteiger partial charge in [-0.15, -0.1) is 11.3 Å². The van der Waals surface area contributed by atoms with E-state index in [2.05, 4.69) is 15.3 Å². The van der Waals surface area contributed by atoms with Gasteiger partial charge in [-0.25, -0.2) is 9.97 Å². The molecule has 3 rings (SSSR count). The Morgan fingerprint density at radius 2 is 2.07 bits per heavy atom. The molecule has 0 unspecified atom stereocenters. The van der Waals surface area contributed by atoms with Crippen molar-refractivity contribution in [3.8, 4) is 5.88 Å². The van der Waals surface area contributed by atoms with Gasteiger partial charge < -0.3 is 10.1 Å². The van der Waals surface area contributed by atoms with E-state index in [0.29, 0.717) is 33.1 Å². The number of thiophene rings is 1. The number of rotatable bonds is 4. The van der Waals surface area contributed by atoms with Crippen LogP contribution >= 0.6 is 22.9 Å². The number of benzene rings is 1. The van der Waals surface area contributed by atoms with Crippen molar-refractivity contribution >= 4 is 44.7 Å². The predicted octanol–water partition coefficient (Wildman–Crippen LogP) is 5.32. The van der Waals surface area contributed by atoms with Crippen LogP contribution in [0.5, 0.6) is 5.88 Å². The van der Waals surface area contributed by atoms with E-state index in [0.717, 1.165) is 23.5 Å². The van der Waals surface area contributed by atoms with E-state index in [9.17, 15) is 18.0 Å². The number of aryl methyl sites for hydroxylation is 1. The van der Waals surface area contributed by atoms with Crippen LogP contribution in [0.1, 0.15) is 27.7 Å². The SMILES string of the molecule is CCOc1ncnc2sc(C(=O)Nc3ccc(Cl)c(C(F)(F)F)c3)c(C)c12. The van der Waals surface area contributed by atoms with Gasteiger partial charge in [0.25, 0.3) is 5.91 Å². The zero-order chi connectivity index (χ0) is 19.8. The van der Waals surface area contributed by atoms with Gasteiger partial charge in [-0.05, 0) is 37.6 Å². The maximum absolute atomic E-state index is 13.0. The number of nitrogens with zero attached hydrogens (tertiary/aromatic N) is 2. The summed E-state index contributed by atoms with van der Waals surface area (Å²) < 4.78 is 44.4. The summed E-state index contributed by atoms with van der Waals surface area (Å²) in [7, 11) is 0. The van der Waals surface area contributed by atoms with E-state index in [4.69, 9.17) is 16.3 Å². The number of halogens is 4. The molecule has 5 nitrogen and oxygen atoms in total. The Balaban J connectivity index is 1.96. The van der Waals surface area contributed by atoms with E-state index in [1.54, 1.807) is 6.92 Å². The van der Waals surface area contributed by atoms with Crippen LogP contribution in [0, 0.1) is 6.92 Å². The molecule has 1 N–H and O–H groups in total. The lowest BCUT2D eigenvalue weighted by Crippen LogP contribution is -2.13. The maximum atomic E-state index is 13.0. The van der Waals surface area contributed by atoms with Crippen molar-refractivity contribution < 1.29 is 22.7 Å². The molecule has 1 amide bonds. The van der Waals surface area contributed by atoms with Gasteiger partial charge in [-0.1, -0.05) is 11.6 Å². The minimum absolute atomic E-state index is 0.00954. The monoisotopic (exact) mass is 415 g/mol. The highest BCUT2D eigenvalue weighted by Gasteiger charge is 2.33. The van der Waals surface area contributed by atoms with Crippen LogP contribution in [0.2, 0.25) is 5.02 Å². The molecule has 0 radical (unpaired) electrons. The van der Waals surface area contributed by atoms with Gasteiger partial charge in [-0.2, -0.15) is 13.2 Å². The lowest BCUT2D eigenvalue weighted by atomic mass is 10.1. The molecule has 1 aromatic carbocycles. The van der Waals surface area contributed by atoms with Crippen molar-refractivity contribution in [1.29, 1.82) is 0 Å². The molecule has 0 aliphatic carbocycles. The minimum atomic E-state index is -4.62. The number of carbonyl (C=O) groups is 1. The summed E-state index contributed by atoms with van der Waals surface area (Å²) in [4.78, 5) is 21.7. The Morgan fingerprint density at radius 3 is 2.74 bits per heavy atom. The van der Waals surface area contributed by atoms with Crippen LogP contribution in [0.25, 0.3) is 10.2 Å². The van der Waals surface area contributed by atoms with Crippen molar-refractivity contribution in [2.45, 2.75) is 20.0 Å². The van der Waals surface area contributed by atoms with Crippen LogP contribution in [-0.4, -0.2) is 22.5 Å². The number of fused-ring (bicyclic) bond motifs is 1. The van der Waals surface area contributed by atoms with Crippen molar-refractivity contribution in [3.05, 3.63) is 45.6 Å². The second-order valence-electron chi connectivity index (χ2n) is 5.49. The lowest BCUT2D eigenvalue weighted by molar-refractivity contribution is -0.137. The molecule has 0 saturated carbocycles. The van der Waals surface area contributed by atoms with E-state index in [1.807, 2.05) is 6.92 Å². The van der Waals surface area contributed by atoms with Gasteiger partial charge in [0.05, 0.1) is 27.5 Å². The molecule has 27 heavy (non-hydrogen) atoms. The van der Waals surface area contributed by atoms with Crippen molar-refractivity contribution in [2.75, 3.05) is 11.9 Å². The molecule has 2 aromatic heterocycles. The lowest BCUT2D eigenvalue weighted by Gasteiger charge is -2.11. The molecule has 10 heteroatoms. The zero-order valence-corrected chi connectivity index (χ0v) is 15.7. The van der Waals surface area contributed by atoms with Gasteiger partial charge in [0.2, 0.25) is 5.88 Å². The third-order valence-electron chi connectivity index (χ3n) is 3.71. The summed E-state index contributed by atoms with van der Waals surface area (Å²) in [6.07, 6.45) is -3.28. The summed E-state index contributed by atoms with van der Waals surface area (Å²) in [6.45, 7) is 3.92. The van der Waals surface area contributed by atoms with E-state index in [1.165, 1.54) is 12.4 Å². The number of hydrogen-bond donors (Lipinski definition) is 1. The summed E-state index contributed by atoms with van der Waals surface area (Å²) in [6, 6.07) is 3.20. The average Bonchev–Trinajstić information content (AvgIpc) is 2.94. The third-order valence-corrected chi connectivity index (χ3v) is 5.24. The fraction of sp³-hybridized carbons (Fsp3) is 0.235. The average molecular weight is 416 g/mol. The number of aromatic nitrogens is 2. The van der Waals surface area contributed by atoms with Crippen LogP contribution in [-0.2, 0) is 6.18 Å². The second kappa shape index (κ2) is 7.32. The van der Waals surface area contributed by atoms with Gasteiger partial charge >= 0.3 is 6.18 Å². The van der Waals surface area contributed by atoms with Crippen LogP contribution in [0.4, 0.5) is 18.9 Å². The molecule has 0 bridgehead atoms. The number of ether oxygens (including phenoxy) is 1. The number of alkyl halides is 3. The molecule has 0 saturated heterocycles. The highest BCUT2D eigenvalue weighted by Crippen LogP contribution is 2.37. The summed E-state index contributed by atoms with van der Waals surface area (Å²) in [5.41, 5.74) is -0.425. The third kappa shape index (κ3) is 3.84. The van der Waals surface area contributed by atoms with Crippen molar-refractivity contribution in [2.24, 2.45) is 0 Å².